The van der Waals surface area contributed by atoms with Gasteiger partial charge in [0.05, 0.1) is 0 Å². The summed E-state index contributed by atoms with van der Waals surface area (Å²) in [5.74, 6) is -0.791. The molecule has 4 heteroatoms. The lowest BCUT2D eigenvalue weighted by molar-refractivity contribution is 0.448. The lowest BCUT2D eigenvalue weighted by atomic mass is 10.0. The molecule has 0 fully saturated rings. The second-order valence-electron chi connectivity index (χ2n) is 5.49. The molecule has 3 rings (SSSR count). The SMILES string of the molecule is CC(NC1CCc2c(O)cccc21)c1ccc(F)cc1F. The molecule has 1 aliphatic carbocycles. The van der Waals surface area contributed by atoms with E-state index in [1.54, 1.807) is 6.07 Å². The van der Waals surface area contributed by atoms with Gasteiger partial charge in [0, 0.05) is 23.7 Å². The Labute approximate surface area is 122 Å². The number of hydrogen-bond donors (Lipinski definition) is 2. The number of phenolic OH excluding ortho intramolecular Hbond substituents is 1. The van der Waals surface area contributed by atoms with Crippen LogP contribution in [0.3, 0.4) is 0 Å². The van der Waals surface area contributed by atoms with Crippen LogP contribution < -0.4 is 5.32 Å². The van der Waals surface area contributed by atoms with Crippen molar-refractivity contribution in [3.05, 3.63) is 64.7 Å². The largest absolute Gasteiger partial charge is 0.508 e. The van der Waals surface area contributed by atoms with Gasteiger partial charge in [0.25, 0.3) is 0 Å². The van der Waals surface area contributed by atoms with Gasteiger partial charge in [0.2, 0.25) is 0 Å². The van der Waals surface area contributed by atoms with E-state index in [0.717, 1.165) is 30.0 Å². The van der Waals surface area contributed by atoms with Crippen LogP contribution in [0.2, 0.25) is 0 Å². The van der Waals surface area contributed by atoms with Crippen LogP contribution in [0.25, 0.3) is 0 Å². The normalized spacial score (nSPS) is 18.5. The molecule has 0 saturated heterocycles. The molecule has 1 aliphatic rings. The van der Waals surface area contributed by atoms with E-state index in [0.29, 0.717) is 11.3 Å². The first-order chi connectivity index (χ1) is 10.1. The second-order valence-corrected chi connectivity index (χ2v) is 5.49. The van der Waals surface area contributed by atoms with Crippen molar-refractivity contribution in [3.63, 3.8) is 0 Å². The minimum atomic E-state index is -0.570. The van der Waals surface area contributed by atoms with E-state index in [1.807, 2.05) is 19.1 Å². The Morgan fingerprint density at radius 2 is 2.05 bits per heavy atom. The fourth-order valence-corrected chi connectivity index (χ4v) is 3.05. The lowest BCUT2D eigenvalue weighted by Gasteiger charge is -2.21. The van der Waals surface area contributed by atoms with E-state index in [1.165, 1.54) is 12.1 Å². The van der Waals surface area contributed by atoms with Crippen molar-refractivity contribution < 1.29 is 13.9 Å². The number of nitrogens with one attached hydrogen (secondary N) is 1. The summed E-state index contributed by atoms with van der Waals surface area (Å²) in [6.45, 7) is 1.86. The number of fused-ring (bicyclic) bond motifs is 1. The summed E-state index contributed by atoms with van der Waals surface area (Å²) < 4.78 is 26.8. The number of phenols is 1. The van der Waals surface area contributed by atoms with Crippen LogP contribution in [0, 0.1) is 11.6 Å². The first-order valence-corrected chi connectivity index (χ1v) is 7.08. The Morgan fingerprint density at radius 1 is 1.24 bits per heavy atom. The third kappa shape index (κ3) is 2.63. The van der Waals surface area contributed by atoms with Crippen molar-refractivity contribution in [1.82, 2.24) is 5.32 Å². The van der Waals surface area contributed by atoms with Gasteiger partial charge in [-0.05, 0) is 43.0 Å². The van der Waals surface area contributed by atoms with Gasteiger partial charge in [-0.3, -0.25) is 0 Å². The Morgan fingerprint density at radius 3 is 2.81 bits per heavy atom. The van der Waals surface area contributed by atoms with Gasteiger partial charge in [0.15, 0.2) is 0 Å². The van der Waals surface area contributed by atoms with Gasteiger partial charge in [-0.1, -0.05) is 18.2 Å². The summed E-state index contributed by atoms with van der Waals surface area (Å²) in [6.07, 6.45) is 1.67. The molecule has 0 aromatic heterocycles. The van der Waals surface area contributed by atoms with Gasteiger partial charge in [0.1, 0.15) is 17.4 Å². The van der Waals surface area contributed by atoms with Gasteiger partial charge in [-0.25, -0.2) is 8.78 Å². The van der Waals surface area contributed by atoms with Crippen LogP contribution in [-0.2, 0) is 6.42 Å². The molecule has 0 heterocycles. The topological polar surface area (TPSA) is 32.3 Å². The molecule has 0 spiro atoms. The molecule has 2 aromatic rings. The third-order valence-corrected chi connectivity index (χ3v) is 4.13. The number of hydrogen-bond acceptors (Lipinski definition) is 2. The molecular weight excluding hydrogens is 272 g/mol. The molecule has 0 amide bonds. The molecule has 0 aliphatic heterocycles. The number of rotatable bonds is 3. The fraction of sp³-hybridized carbons (Fsp3) is 0.294. The Balaban J connectivity index is 1.81. The van der Waals surface area contributed by atoms with E-state index in [4.69, 9.17) is 0 Å². The fourth-order valence-electron chi connectivity index (χ4n) is 3.05. The van der Waals surface area contributed by atoms with Crippen molar-refractivity contribution in [1.29, 1.82) is 0 Å². The van der Waals surface area contributed by atoms with Crippen molar-refractivity contribution in [2.45, 2.75) is 31.8 Å². The van der Waals surface area contributed by atoms with E-state index in [9.17, 15) is 13.9 Å². The zero-order chi connectivity index (χ0) is 15.0. The lowest BCUT2D eigenvalue weighted by Crippen LogP contribution is -2.23. The van der Waals surface area contributed by atoms with Gasteiger partial charge >= 0.3 is 0 Å². The molecule has 2 aromatic carbocycles. The Bertz CT molecular complexity index is 672. The van der Waals surface area contributed by atoms with Gasteiger partial charge in [-0.15, -0.1) is 0 Å². The predicted molar refractivity (Wildman–Crippen MR) is 77.1 cm³/mol. The van der Waals surface area contributed by atoms with E-state index >= 15 is 0 Å². The summed E-state index contributed by atoms with van der Waals surface area (Å²) in [4.78, 5) is 0. The molecule has 2 atom stereocenters. The first-order valence-electron chi connectivity index (χ1n) is 7.08. The standard InChI is InChI=1S/C17H17F2NO/c1-10(12-6-5-11(18)9-15(12)19)20-16-8-7-14-13(16)3-2-4-17(14)21/h2-6,9-10,16,20-21H,7-8H2,1H3. The monoisotopic (exact) mass is 289 g/mol. The minimum absolute atomic E-state index is 0.0755. The van der Waals surface area contributed by atoms with Crippen molar-refractivity contribution in [3.8, 4) is 5.75 Å². The Kier molecular flexibility index (Phi) is 3.64. The first kappa shape index (κ1) is 14.0. The maximum Gasteiger partial charge on any atom is 0.130 e. The van der Waals surface area contributed by atoms with E-state index in [2.05, 4.69) is 5.32 Å². The second kappa shape index (κ2) is 5.45. The highest BCUT2D eigenvalue weighted by Gasteiger charge is 2.26. The summed E-state index contributed by atoms with van der Waals surface area (Å²) in [5.41, 5.74) is 2.47. The number of halogens is 2. The molecule has 2 nitrogen and oxygen atoms in total. The maximum absolute atomic E-state index is 13.8. The average molecular weight is 289 g/mol. The third-order valence-electron chi connectivity index (χ3n) is 4.13. The molecule has 0 radical (unpaired) electrons. The van der Waals surface area contributed by atoms with Crippen LogP contribution in [0.4, 0.5) is 8.78 Å². The van der Waals surface area contributed by atoms with Crippen molar-refractivity contribution in [2.24, 2.45) is 0 Å². The highest BCUT2D eigenvalue weighted by molar-refractivity contribution is 5.44. The quantitative estimate of drug-likeness (QED) is 0.895. The number of aromatic hydroxyl groups is 1. The molecule has 21 heavy (non-hydrogen) atoms. The van der Waals surface area contributed by atoms with Crippen LogP contribution in [0.15, 0.2) is 36.4 Å². The molecule has 0 bridgehead atoms. The van der Waals surface area contributed by atoms with E-state index < -0.39 is 11.6 Å². The van der Waals surface area contributed by atoms with Crippen molar-refractivity contribution >= 4 is 0 Å². The zero-order valence-corrected chi connectivity index (χ0v) is 11.7. The van der Waals surface area contributed by atoms with Crippen LogP contribution in [0.1, 0.15) is 42.1 Å². The van der Waals surface area contributed by atoms with Crippen LogP contribution >= 0.6 is 0 Å². The smallest absolute Gasteiger partial charge is 0.130 e. The Hall–Kier alpha value is -1.94. The summed E-state index contributed by atoms with van der Waals surface area (Å²) in [6, 6.07) is 8.97. The number of benzene rings is 2. The van der Waals surface area contributed by atoms with Gasteiger partial charge < -0.3 is 10.4 Å². The zero-order valence-electron chi connectivity index (χ0n) is 11.7. The molecule has 2 unspecified atom stereocenters. The summed E-state index contributed by atoms with van der Waals surface area (Å²) >= 11 is 0. The maximum atomic E-state index is 13.8. The highest BCUT2D eigenvalue weighted by atomic mass is 19.1. The highest BCUT2D eigenvalue weighted by Crippen LogP contribution is 2.37. The average Bonchev–Trinajstić information content (AvgIpc) is 2.83. The van der Waals surface area contributed by atoms with E-state index in [-0.39, 0.29) is 12.1 Å². The minimum Gasteiger partial charge on any atom is -0.508 e. The molecular formula is C17H17F2NO. The molecule has 0 saturated carbocycles. The van der Waals surface area contributed by atoms with Crippen LogP contribution in [0.5, 0.6) is 5.75 Å². The van der Waals surface area contributed by atoms with Gasteiger partial charge in [-0.2, -0.15) is 0 Å². The predicted octanol–water partition coefficient (Wildman–Crippen LogP) is 4.01. The van der Waals surface area contributed by atoms with Crippen LogP contribution in [-0.4, -0.2) is 5.11 Å². The summed E-state index contributed by atoms with van der Waals surface area (Å²) in [7, 11) is 0. The molecule has 2 N–H and O–H groups in total. The summed E-state index contributed by atoms with van der Waals surface area (Å²) in [5, 5.41) is 13.2. The molecule has 110 valence electrons. The van der Waals surface area contributed by atoms with Crippen molar-refractivity contribution in [2.75, 3.05) is 0 Å².